The fourth-order valence-corrected chi connectivity index (χ4v) is 13.9. The number of benzene rings is 4. The van der Waals surface area contributed by atoms with Crippen LogP contribution in [0.4, 0.5) is 19.2 Å². The molecule has 686 valence electrons. The van der Waals surface area contributed by atoms with E-state index in [1.165, 1.54) is 48.0 Å². The summed E-state index contributed by atoms with van der Waals surface area (Å²) >= 11 is 27.7. The van der Waals surface area contributed by atoms with Gasteiger partial charge in [0.1, 0.15) is 81.7 Å². The van der Waals surface area contributed by atoms with Crippen molar-refractivity contribution in [3.8, 4) is 36.6 Å². The molecule has 0 aliphatic rings. The number of allylic oxidation sites excluding steroid dienone is 4. The molecule has 0 aliphatic heterocycles. The first-order valence-corrected chi connectivity index (χ1v) is 43.7. The van der Waals surface area contributed by atoms with Crippen molar-refractivity contribution in [2.24, 2.45) is 28.2 Å². The number of esters is 1. The molecule has 0 N–H and O–H groups in total. The van der Waals surface area contributed by atoms with Gasteiger partial charge in [-0.2, -0.15) is 41.4 Å². The van der Waals surface area contributed by atoms with Crippen LogP contribution < -0.4 is 0 Å². The fourth-order valence-electron chi connectivity index (χ4n) is 11.9. The second-order valence-corrected chi connectivity index (χ2v) is 36.3. The molecule has 0 radical (unpaired) electrons. The van der Waals surface area contributed by atoms with Gasteiger partial charge in [0, 0.05) is 61.6 Å². The van der Waals surface area contributed by atoms with Crippen LogP contribution >= 0.6 is 69.9 Å². The third-order valence-corrected chi connectivity index (χ3v) is 21.7. The lowest BCUT2D eigenvalue weighted by Crippen LogP contribution is -2.20. The maximum atomic E-state index is 12.1. The van der Waals surface area contributed by atoms with Crippen LogP contribution in [-0.4, -0.2) is 125 Å². The van der Waals surface area contributed by atoms with Crippen molar-refractivity contribution in [1.82, 2.24) is 39.1 Å². The SMILES string of the molecule is C#CCOC(=O)OC(C)O/C(=C(/C#N)c1ccc(C(C)(C)C)cc1)c1c(Cl)c(C)nn1C.C=CCOC(=O)OC(C)O/C(=C(/C#N)c1ccc(C(C)(C)C)cc1)c1c(Cl)c(C)nn1C.CCSC(=O)OC(C)O/C(=C(/C#N)c1ccc(C(C)(C)C)cc1)c1c(Cl)c(C)nn1C.COC(=O)CSC(=O)OC(C)O/C(=C(/C#N)c1ccc(C(C)(C)C)cc1)c1c(Cl)c(C)nn1C. The zero-order valence-electron chi connectivity index (χ0n) is 77.5. The number of terminal acetylenes is 1. The number of hydrogen-bond donors (Lipinski definition) is 0. The van der Waals surface area contributed by atoms with Gasteiger partial charge in [-0.05, 0) is 117 Å². The Hall–Kier alpha value is -12.1. The van der Waals surface area contributed by atoms with Crippen LogP contribution in [0.3, 0.4) is 0 Å². The summed E-state index contributed by atoms with van der Waals surface area (Å²) in [5.74, 6) is 2.62. The van der Waals surface area contributed by atoms with Crippen LogP contribution in [-0.2, 0) is 107 Å². The molecule has 4 atom stereocenters. The summed E-state index contributed by atoms with van der Waals surface area (Å²) in [6, 6.07) is 39.3. The Bertz CT molecular complexity index is 5690. The average molecular weight is 1880 g/mol. The van der Waals surface area contributed by atoms with Crippen molar-refractivity contribution >= 4 is 144 Å². The van der Waals surface area contributed by atoms with E-state index in [0.29, 0.717) is 105 Å². The van der Waals surface area contributed by atoms with E-state index in [0.717, 1.165) is 34.0 Å². The molecule has 4 aromatic heterocycles. The van der Waals surface area contributed by atoms with Gasteiger partial charge in [0.05, 0.1) is 50.0 Å². The second-order valence-electron chi connectivity index (χ2n) is 32.7. The van der Waals surface area contributed by atoms with Crippen molar-refractivity contribution in [3.63, 3.8) is 0 Å². The summed E-state index contributed by atoms with van der Waals surface area (Å²) in [4.78, 5) is 58.8. The van der Waals surface area contributed by atoms with E-state index >= 15 is 0 Å². The first kappa shape index (κ1) is 107. The van der Waals surface area contributed by atoms with Gasteiger partial charge in [-0.1, -0.05) is 252 Å². The number of thioether (sulfide) groups is 2. The predicted molar refractivity (Wildman–Crippen MR) is 504 cm³/mol. The monoisotopic (exact) mass is 1880 g/mol. The van der Waals surface area contributed by atoms with Gasteiger partial charge in [0.2, 0.25) is 25.2 Å². The average Bonchev–Trinajstić information content (AvgIpc) is 1.69. The molecule has 129 heavy (non-hydrogen) atoms. The highest BCUT2D eigenvalue weighted by Gasteiger charge is 2.32. The lowest BCUT2D eigenvalue weighted by molar-refractivity contribution is -0.137. The van der Waals surface area contributed by atoms with Gasteiger partial charge in [-0.25, -0.2) is 19.2 Å². The molecule has 0 fully saturated rings. The third kappa shape index (κ3) is 30.6. The van der Waals surface area contributed by atoms with E-state index in [4.69, 9.17) is 100 Å². The minimum Gasteiger partial charge on any atom is -0.468 e. The van der Waals surface area contributed by atoms with Gasteiger partial charge in [0.15, 0.2) is 29.6 Å². The lowest BCUT2D eigenvalue weighted by atomic mass is 9.86. The van der Waals surface area contributed by atoms with E-state index in [1.807, 2.05) is 104 Å². The second kappa shape index (κ2) is 48.4. The Kier molecular flexibility index (Phi) is 40.3. The number of aryl methyl sites for hydroxylation is 8. The molecule has 0 amide bonds. The van der Waals surface area contributed by atoms with Gasteiger partial charge in [0.25, 0.3) is 0 Å². The topological polar surface area (TPSA) is 353 Å². The smallest absolute Gasteiger partial charge is 0.468 e. The maximum Gasteiger partial charge on any atom is 0.512 e. The van der Waals surface area contributed by atoms with E-state index in [1.54, 1.807) is 67.5 Å². The molecule has 0 saturated heterocycles. The number of aromatic nitrogens is 8. The Balaban J connectivity index is 0.000000305. The molecular formula is C95H110Cl4N12O16S2. The molecule has 34 heteroatoms. The van der Waals surface area contributed by atoms with Crippen LogP contribution in [0.5, 0.6) is 0 Å². The molecule has 4 unspecified atom stereocenters. The molecule has 4 aromatic carbocycles. The molecule has 8 rings (SSSR count). The van der Waals surface area contributed by atoms with Gasteiger partial charge < -0.3 is 52.1 Å². The normalized spacial score (nSPS) is 13.0. The number of carbonyl (C=O) groups excluding carboxylic acids is 5. The quantitative estimate of drug-likeness (QED) is 0.00924. The number of nitriles is 4. The molecule has 4 heterocycles. The number of ether oxygens (including phenoxy) is 11. The molecule has 0 saturated carbocycles. The fraction of sp³-hybridized carbons (Fsp3) is 0.400. The Labute approximate surface area is 783 Å². The molecule has 8 aromatic rings. The van der Waals surface area contributed by atoms with Crippen molar-refractivity contribution in [3.05, 3.63) is 220 Å². The standard InChI is InChI=1S/C24H28ClN3O5S.C24H28ClN3O4.C24H26ClN3O4.C23H28ClN3O3S/c1-14-20(25)21(28(6)27-14)22(32-15(2)33-23(30)34-13-19(29)31-7)18(12-26)16-8-10-17(11-9-16)24(3,4)5;2*1-8-13-30-23(29)32-16(3)31-22(21-20(25)15(2)27-28(21)7)19(14-26)17-9-11-18(12-10-17)24(4,5)6;1-8-31-22(28)30-15(3)29-21(20-19(24)14(2)26-27(20)7)18(13-25)16-9-11-17(12-10-16)23(4,5)6/h8-11,15H,13H2,1-7H3;8-12,16H,1,13H2,2-7H3;1,9-12,16H,13H2,2-7H3;9-12,15H,8H2,1-7H3/b22-18-;2*22-19-;21-18-. The number of methoxy groups -OCH3 is 1. The molecule has 0 aliphatic carbocycles. The van der Waals surface area contributed by atoms with Gasteiger partial charge in [-0.15, -0.1) is 6.42 Å². The predicted octanol–water partition coefficient (Wildman–Crippen LogP) is 22.8. The number of nitrogens with zero attached hydrogens (tertiary/aromatic N) is 12. The number of hydrogen-bond acceptors (Lipinski definition) is 26. The zero-order valence-corrected chi connectivity index (χ0v) is 82.1. The highest BCUT2D eigenvalue weighted by molar-refractivity contribution is 8.13. The molecule has 0 spiro atoms. The van der Waals surface area contributed by atoms with Crippen molar-refractivity contribution in [2.75, 3.05) is 31.8 Å². The van der Waals surface area contributed by atoms with Crippen molar-refractivity contribution < 1.29 is 76.1 Å². The highest BCUT2D eigenvalue weighted by Crippen LogP contribution is 2.41. The molecule has 0 bridgehead atoms. The Morgan fingerprint density at radius 2 is 0.667 bits per heavy atom. The zero-order chi connectivity index (χ0) is 97.1. The third-order valence-electron chi connectivity index (χ3n) is 18.5. The highest BCUT2D eigenvalue weighted by atomic mass is 35.5. The lowest BCUT2D eigenvalue weighted by Gasteiger charge is -2.21. The van der Waals surface area contributed by atoms with Gasteiger partial charge >= 0.3 is 28.9 Å². The van der Waals surface area contributed by atoms with Crippen LogP contribution in [0.2, 0.25) is 20.1 Å². The van der Waals surface area contributed by atoms with E-state index in [-0.39, 0.29) is 86.0 Å². The summed E-state index contributed by atoms with van der Waals surface area (Å²) in [6.45, 7) is 43.6. The van der Waals surface area contributed by atoms with E-state index in [9.17, 15) is 45.0 Å². The van der Waals surface area contributed by atoms with Gasteiger partial charge in [-0.3, -0.25) is 23.5 Å². The van der Waals surface area contributed by atoms with Crippen molar-refractivity contribution in [2.45, 2.75) is 192 Å². The first-order chi connectivity index (χ1) is 60.3. The summed E-state index contributed by atoms with van der Waals surface area (Å²) in [6.07, 6.45) is 0.414. The van der Waals surface area contributed by atoms with Crippen LogP contribution in [0.25, 0.3) is 45.3 Å². The van der Waals surface area contributed by atoms with Crippen molar-refractivity contribution in [1.29, 1.82) is 21.0 Å². The maximum absolute atomic E-state index is 12.1. The summed E-state index contributed by atoms with van der Waals surface area (Å²) in [7, 11) is 8.01. The molecular weight excluding hydrogens is 1770 g/mol. The number of carbonyl (C=O) groups is 5. The summed E-state index contributed by atoms with van der Waals surface area (Å²) in [5, 5.41) is 57.6. The minimum atomic E-state index is -1.10. The number of rotatable bonds is 26. The van der Waals surface area contributed by atoms with Crippen LogP contribution in [0.15, 0.2) is 110 Å². The Morgan fingerprint density at radius 3 is 0.868 bits per heavy atom. The largest absolute Gasteiger partial charge is 0.512 e. The van der Waals surface area contributed by atoms with E-state index < -0.39 is 54.0 Å². The number of halogens is 4. The van der Waals surface area contributed by atoms with Crippen LogP contribution in [0.1, 0.15) is 208 Å². The van der Waals surface area contributed by atoms with E-state index in [2.05, 4.69) is 145 Å². The summed E-state index contributed by atoms with van der Waals surface area (Å²) < 4.78 is 64.7. The minimum absolute atomic E-state index is 0.00454. The van der Waals surface area contributed by atoms with Crippen LogP contribution in [0, 0.1) is 85.4 Å². The summed E-state index contributed by atoms with van der Waals surface area (Å²) in [5.41, 5.74) is 11.7. The first-order valence-electron chi connectivity index (χ1n) is 40.3. The Morgan fingerprint density at radius 1 is 0.426 bits per heavy atom. The molecule has 28 nitrogen and oxygen atoms in total.